The fraction of sp³-hybridized carbons (Fsp3) is 0. The van der Waals surface area contributed by atoms with Crippen molar-refractivity contribution in [2.45, 2.75) is 0 Å². The van der Waals surface area contributed by atoms with Crippen molar-refractivity contribution in [1.82, 2.24) is 0 Å². The predicted octanol–water partition coefficient (Wildman–Crippen LogP) is 11.4. The summed E-state index contributed by atoms with van der Waals surface area (Å²) in [6, 6.07) is 43.8. The number of benzene rings is 4. The topological polar surface area (TPSA) is 0 Å². The summed E-state index contributed by atoms with van der Waals surface area (Å²) in [5.41, 5.74) is 9.82. The first-order chi connectivity index (χ1) is 18.7. The molecule has 0 atom stereocenters. The zero-order valence-corrected chi connectivity index (χ0v) is 22.6. The van der Waals surface area contributed by atoms with Crippen molar-refractivity contribution >= 4 is 34.8 Å². The lowest BCUT2D eigenvalue weighted by molar-refractivity contribution is 1.57. The van der Waals surface area contributed by atoms with Crippen molar-refractivity contribution < 1.29 is 0 Å². The molecule has 0 unspecified atom stereocenters. The van der Waals surface area contributed by atoms with E-state index in [1.54, 1.807) is 22.7 Å². The monoisotopic (exact) mass is 522 g/mol. The molecule has 0 saturated heterocycles. The highest BCUT2D eigenvalue weighted by molar-refractivity contribution is 7.16. The highest BCUT2D eigenvalue weighted by Gasteiger charge is 2.06. The Morgan fingerprint density at radius 2 is 0.553 bits per heavy atom. The normalized spacial score (nSPS) is 10.8. The molecule has 0 radical (unpaired) electrons. The Hall–Kier alpha value is -4.24. The number of hydrogen-bond donors (Lipinski definition) is 0. The van der Waals surface area contributed by atoms with Gasteiger partial charge in [0.05, 0.1) is 0 Å². The third kappa shape index (κ3) is 4.97. The maximum atomic E-state index is 3.86. The maximum Gasteiger partial charge on any atom is 0.0349 e. The SMILES string of the molecule is C=Cc1ccc(-c2ccc(-c3ccc(-c4ccc(-c5ccc(-c6ccc(C=C)s6)cc5)cc4)cc3)cc2)s1. The summed E-state index contributed by atoms with van der Waals surface area (Å²) in [5.74, 6) is 0. The quantitative estimate of drug-likeness (QED) is 0.196. The minimum absolute atomic E-state index is 1.20. The van der Waals surface area contributed by atoms with E-state index in [1.807, 2.05) is 12.2 Å². The highest BCUT2D eigenvalue weighted by atomic mass is 32.1. The van der Waals surface area contributed by atoms with E-state index in [9.17, 15) is 0 Å². The Bertz CT molecular complexity index is 1560. The first kappa shape index (κ1) is 24.1. The van der Waals surface area contributed by atoms with Gasteiger partial charge in [-0.15, -0.1) is 22.7 Å². The summed E-state index contributed by atoms with van der Waals surface area (Å²) in [4.78, 5) is 4.93. The molecule has 2 heterocycles. The summed E-state index contributed by atoms with van der Waals surface area (Å²) in [5, 5.41) is 0. The molecule has 6 aromatic rings. The molecule has 0 spiro atoms. The molecule has 6 rings (SSSR count). The maximum absolute atomic E-state index is 3.86. The first-order valence-electron chi connectivity index (χ1n) is 12.6. The highest BCUT2D eigenvalue weighted by Crippen LogP contribution is 2.33. The number of rotatable bonds is 7. The van der Waals surface area contributed by atoms with Gasteiger partial charge in [-0.25, -0.2) is 0 Å². The molecule has 2 heteroatoms. The molecule has 0 bridgehead atoms. The fourth-order valence-corrected chi connectivity index (χ4v) is 6.33. The van der Waals surface area contributed by atoms with Gasteiger partial charge in [0.15, 0.2) is 0 Å². The van der Waals surface area contributed by atoms with Crippen molar-refractivity contribution in [2.24, 2.45) is 0 Å². The Morgan fingerprint density at radius 3 is 0.763 bits per heavy atom. The van der Waals surface area contributed by atoms with E-state index < -0.39 is 0 Å². The Balaban J connectivity index is 1.16. The van der Waals surface area contributed by atoms with E-state index >= 15 is 0 Å². The second-order valence-corrected chi connectivity index (χ2v) is 11.4. The van der Waals surface area contributed by atoms with E-state index in [0.717, 1.165) is 0 Å². The minimum Gasteiger partial charge on any atom is -0.136 e. The molecule has 0 nitrogen and oxygen atoms in total. The smallest absolute Gasteiger partial charge is 0.0349 e. The van der Waals surface area contributed by atoms with Gasteiger partial charge in [-0.3, -0.25) is 0 Å². The molecule has 0 aliphatic rings. The van der Waals surface area contributed by atoms with E-state index in [4.69, 9.17) is 0 Å². The van der Waals surface area contributed by atoms with E-state index in [2.05, 4.69) is 134 Å². The van der Waals surface area contributed by atoms with Crippen LogP contribution in [0.2, 0.25) is 0 Å². The van der Waals surface area contributed by atoms with Gasteiger partial charge in [-0.2, -0.15) is 0 Å². The molecule has 0 fully saturated rings. The molecule has 0 aliphatic heterocycles. The third-order valence-electron chi connectivity index (χ3n) is 6.76. The van der Waals surface area contributed by atoms with Gasteiger partial charge < -0.3 is 0 Å². The minimum atomic E-state index is 1.20. The molecular formula is C36H26S2. The van der Waals surface area contributed by atoms with Gasteiger partial charge >= 0.3 is 0 Å². The van der Waals surface area contributed by atoms with Gasteiger partial charge in [0, 0.05) is 19.5 Å². The fourth-order valence-electron chi connectivity index (χ4n) is 4.60. The van der Waals surface area contributed by atoms with Crippen molar-refractivity contribution in [2.75, 3.05) is 0 Å². The van der Waals surface area contributed by atoms with Crippen LogP contribution in [0.5, 0.6) is 0 Å². The third-order valence-corrected chi connectivity index (χ3v) is 9.02. The molecule has 38 heavy (non-hydrogen) atoms. The summed E-state index contributed by atoms with van der Waals surface area (Å²) < 4.78 is 0. The Morgan fingerprint density at radius 1 is 0.316 bits per heavy atom. The average molecular weight is 523 g/mol. The van der Waals surface area contributed by atoms with Crippen LogP contribution in [0, 0.1) is 0 Å². The van der Waals surface area contributed by atoms with Crippen molar-refractivity contribution in [3.63, 3.8) is 0 Å². The lowest BCUT2D eigenvalue weighted by atomic mass is 9.97. The van der Waals surface area contributed by atoms with Crippen LogP contribution in [0.3, 0.4) is 0 Å². The van der Waals surface area contributed by atoms with Crippen LogP contribution in [0.15, 0.2) is 134 Å². The van der Waals surface area contributed by atoms with Crippen LogP contribution in [-0.2, 0) is 0 Å². The van der Waals surface area contributed by atoms with Crippen molar-refractivity contribution in [1.29, 1.82) is 0 Å². The van der Waals surface area contributed by atoms with Gasteiger partial charge in [-0.1, -0.05) is 122 Å². The van der Waals surface area contributed by atoms with Crippen LogP contribution >= 0.6 is 22.7 Å². The zero-order valence-electron chi connectivity index (χ0n) is 20.9. The Labute approximate surface area is 232 Å². The first-order valence-corrected chi connectivity index (χ1v) is 14.2. The zero-order chi connectivity index (χ0) is 25.9. The van der Waals surface area contributed by atoms with Gasteiger partial charge in [0.1, 0.15) is 0 Å². The Kier molecular flexibility index (Phi) is 6.75. The van der Waals surface area contributed by atoms with Crippen LogP contribution in [0.4, 0.5) is 0 Å². The molecule has 0 aliphatic carbocycles. The number of thiophene rings is 2. The van der Waals surface area contributed by atoms with Crippen LogP contribution < -0.4 is 0 Å². The van der Waals surface area contributed by atoms with Crippen LogP contribution in [-0.4, -0.2) is 0 Å². The van der Waals surface area contributed by atoms with Crippen LogP contribution in [0.1, 0.15) is 9.75 Å². The largest absolute Gasteiger partial charge is 0.136 e. The van der Waals surface area contributed by atoms with Crippen molar-refractivity contribution in [3.05, 3.63) is 144 Å². The molecule has 0 amide bonds. The summed E-state index contributed by atoms with van der Waals surface area (Å²) in [6.07, 6.45) is 3.81. The predicted molar refractivity (Wildman–Crippen MR) is 170 cm³/mol. The van der Waals surface area contributed by atoms with Crippen molar-refractivity contribution in [3.8, 4) is 54.3 Å². The molecule has 182 valence electrons. The standard InChI is InChI=1S/C36H26S2/c1-3-33-21-23-35(37-33)31-17-13-29(14-18-31)27-9-5-25(6-10-27)26-7-11-28(12-8-26)30-15-19-32(20-16-30)36-24-22-34(4-2)38-36/h3-24H,1-2H2. The molecule has 2 aromatic heterocycles. The lowest BCUT2D eigenvalue weighted by Crippen LogP contribution is -1.83. The molecule has 0 N–H and O–H groups in total. The summed E-state index contributed by atoms with van der Waals surface area (Å²) >= 11 is 3.53. The second kappa shape index (κ2) is 10.6. The summed E-state index contributed by atoms with van der Waals surface area (Å²) in [6.45, 7) is 7.72. The lowest BCUT2D eigenvalue weighted by Gasteiger charge is -2.08. The summed E-state index contributed by atoms with van der Waals surface area (Å²) in [7, 11) is 0. The van der Waals surface area contributed by atoms with E-state index in [1.165, 1.54) is 64.0 Å². The molecule has 4 aromatic carbocycles. The number of hydrogen-bond acceptors (Lipinski definition) is 2. The van der Waals surface area contributed by atoms with Crippen LogP contribution in [0.25, 0.3) is 66.4 Å². The van der Waals surface area contributed by atoms with Gasteiger partial charge in [0.2, 0.25) is 0 Å². The molecular weight excluding hydrogens is 497 g/mol. The van der Waals surface area contributed by atoms with E-state index in [0.29, 0.717) is 0 Å². The second-order valence-electron chi connectivity index (χ2n) is 9.12. The van der Waals surface area contributed by atoms with Gasteiger partial charge in [-0.05, 0) is 68.8 Å². The molecule has 0 saturated carbocycles. The van der Waals surface area contributed by atoms with E-state index in [-0.39, 0.29) is 0 Å². The van der Waals surface area contributed by atoms with Gasteiger partial charge in [0.25, 0.3) is 0 Å². The average Bonchev–Trinajstić information content (AvgIpc) is 3.68.